The van der Waals surface area contributed by atoms with E-state index in [1.54, 1.807) is 16.8 Å². The second-order valence-corrected chi connectivity index (χ2v) is 9.82. The Balaban J connectivity index is 1.50. The van der Waals surface area contributed by atoms with Gasteiger partial charge in [-0.2, -0.15) is 0 Å². The molecule has 2 saturated heterocycles. The van der Waals surface area contributed by atoms with Crippen LogP contribution < -0.4 is 10.6 Å². The maximum Gasteiger partial charge on any atom is 0.192 e. The number of likely N-dealkylation sites (tertiary alicyclic amines) is 1. The van der Waals surface area contributed by atoms with Crippen molar-refractivity contribution in [1.82, 2.24) is 19.3 Å². The average molecular weight is 464 g/mol. The lowest BCUT2D eigenvalue weighted by molar-refractivity contribution is 0.154. The highest BCUT2D eigenvalue weighted by Crippen LogP contribution is 2.36. The predicted octanol–water partition coefficient (Wildman–Crippen LogP) is 1.40. The Hall–Kier alpha value is -1.78. The highest BCUT2D eigenvalue weighted by molar-refractivity contribution is 6.18. The summed E-state index contributed by atoms with van der Waals surface area (Å²) < 4.78 is 1.57. The molecule has 9 nitrogen and oxygen atoms in total. The molecule has 3 unspecified atom stereocenters. The van der Waals surface area contributed by atoms with Crippen LogP contribution in [0.2, 0.25) is 0 Å². The number of anilines is 1. The lowest BCUT2D eigenvalue weighted by Crippen LogP contribution is -2.47. The Morgan fingerprint density at radius 2 is 2.03 bits per heavy atom. The summed E-state index contributed by atoms with van der Waals surface area (Å²) in [6.45, 7) is 7.52. The van der Waals surface area contributed by atoms with Crippen molar-refractivity contribution >= 4 is 29.5 Å². The zero-order valence-corrected chi connectivity index (χ0v) is 19.6. The summed E-state index contributed by atoms with van der Waals surface area (Å²) in [6.07, 6.45) is 7.77. The fourth-order valence-electron chi connectivity index (χ4n) is 4.70. The summed E-state index contributed by atoms with van der Waals surface area (Å²) in [5, 5.41) is 19.5. The molecular weight excluding hydrogens is 430 g/mol. The van der Waals surface area contributed by atoms with Crippen LogP contribution in [0.3, 0.4) is 0 Å². The number of aliphatic imine (C=N–C) groups is 1. The molecule has 4 rings (SSSR count). The van der Waals surface area contributed by atoms with Gasteiger partial charge in [-0.05, 0) is 43.6 Å². The summed E-state index contributed by atoms with van der Waals surface area (Å²) in [7, 11) is 0. The Morgan fingerprint density at radius 3 is 2.66 bits per heavy atom. The van der Waals surface area contributed by atoms with Gasteiger partial charge in [0, 0.05) is 56.8 Å². The number of rotatable bonds is 6. The predicted molar refractivity (Wildman–Crippen MR) is 126 cm³/mol. The lowest BCUT2D eigenvalue weighted by Gasteiger charge is -2.42. The number of aliphatic hydroxyl groups is 2. The van der Waals surface area contributed by atoms with Crippen LogP contribution >= 0.6 is 11.8 Å². The minimum Gasteiger partial charge on any atom is -0.396 e. The van der Waals surface area contributed by atoms with Crippen molar-refractivity contribution in [3.63, 3.8) is 0 Å². The first kappa shape index (κ1) is 23.4. The Morgan fingerprint density at radius 1 is 1.28 bits per heavy atom. The smallest absolute Gasteiger partial charge is 0.192 e. The number of allylic oxidation sites excluding steroid dienone is 1. The monoisotopic (exact) mass is 463 g/mol. The topological polar surface area (TPSA) is 114 Å². The maximum absolute atomic E-state index is 10.0. The molecule has 0 radical (unpaired) electrons. The molecule has 1 aromatic rings. The van der Waals surface area contributed by atoms with E-state index in [0.29, 0.717) is 17.1 Å². The van der Waals surface area contributed by atoms with Crippen LogP contribution in [0.4, 0.5) is 5.82 Å². The number of aliphatic hydroxyl groups excluding tert-OH is 2. The van der Waals surface area contributed by atoms with Crippen molar-refractivity contribution < 1.29 is 10.2 Å². The Bertz CT molecular complexity index is 870. The standard InChI is InChI=1S/C22H34ClN7O2/c1-15(24)22(2)5-9-28(10-6-22)20-18(14-32)27-17(11-26-20)19-3-7-25-21(30(19)23)29-8-4-16(12-29)13-31/h3,7,11,15-16,21,31-32H,4-6,8-10,12-14,24H2,1-2H3. The van der Waals surface area contributed by atoms with Crippen LogP contribution in [0.5, 0.6) is 0 Å². The summed E-state index contributed by atoms with van der Waals surface area (Å²) in [5.41, 5.74) is 8.14. The van der Waals surface area contributed by atoms with Gasteiger partial charge in [0.15, 0.2) is 12.1 Å². The molecule has 10 heteroatoms. The van der Waals surface area contributed by atoms with Gasteiger partial charge < -0.3 is 20.8 Å². The van der Waals surface area contributed by atoms with E-state index >= 15 is 0 Å². The second kappa shape index (κ2) is 9.61. The zero-order chi connectivity index (χ0) is 22.9. The average Bonchev–Trinajstić information content (AvgIpc) is 3.28. The molecule has 2 fully saturated rings. The van der Waals surface area contributed by atoms with E-state index in [9.17, 15) is 10.2 Å². The van der Waals surface area contributed by atoms with E-state index in [2.05, 4.69) is 33.6 Å². The first-order chi connectivity index (χ1) is 15.4. The molecule has 3 aliphatic heterocycles. The van der Waals surface area contributed by atoms with E-state index in [-0.39, 0.29) is 36.9 Å². The Kier molecular flexibility index (Phi) is 7.02. The molecule has 0 amide bonds. The maximum atomic E-state index is 10.0. The molecule has 0 aliphatic carbocycles. The van der Waals surface area contributed by atoms with Gasteiger partial charge >= 0.3 is 0 Å². The SMILES string of the molecule is CC(N)C1(C)CCN(c2ncc(C3=CC=NC(N4CCC(CO)C4)N3Cl)nc2CO)CC1. The molecule has 0 aromatic carbocycles. The van der Waals surface area contributed by atoms with Crippen molar-refractivity contribution in [2.24, 2.45) is 22.1 Å². The van der Waals surface area contributed by atoms with E-state index in [1.807, 2.05) is 6.08 Å². The van der Waals surface area contributed by atoms with Gasteiger partial charge in [-0.25, -0.2) is 14.4 Å². The van der Waals surface area contributed by atoms with Crippen LogP contribution in [0.15, 0.2) is 17.3 Å². The number of hydrogen-bond acceptors (Lipinski definition) is 9. The number of hydrogen-bond donors (Lipinski definition) is 3. The number of nitrogens with two attached hydrogens (primary N) is 1. The van der Waals surface area contributed by atoms with Gasteiger partial charge in [-0.15, -0.1) is 0 Å². The summed E-state index contributed by atoms with van der Waals surface area (Å²) in [6, 6.07) is 0.140. The summed E-state index contributed by atoms with van der Waals surface area (Å²) in [4.78, 5) is 18.2. The van der Waals surface area contributed by atoms with Crippen LogP contribution in [0, 0.1) is 11.3 Å². The van der Waals surface area contributed by atoms with Gasteiger partial charge in [0.1, 0.15) is 11.4 Å². The number of piperidine rings is 1. The van der Waals surface area contributed by atoms with E-state index in [4.69, 9.17) is 22.5 Å². The third kappa shape index (κ3) is 4.49. The van der Waals surface area contributed by atoms with Gasteiger partial charge in [0.05, 0.1) is 18.5 Å². The largest absolute Gasteiger partial charge is 0.396 e. The minimum atomic E-state index is -0.356. The van der Waals surface area contributed by atoms with Gasteiger partial charge in [0.2, 0.25) is 0 Å². The van der Waals surface area contributed by atoms with Crippen LogP contribution in [0.1, 0.15) is 44.5 Å². The number of aromatic nitrogens is 2. The molecule has 4 heterocycles. The molecule has 3 aliphatic rings. The molecule has 0 spiro atoms. The normalized spacial score (nSPS) is 27.0. The van der Waals surface area contributed by atoms with E-state index < -0.39 is 0 Å². The molecule has 0 saturated carbocycles. The third-order valence-electron chi connectivity index (χ3n) is 7.33. The van der Waals surface area contributed by atoms with E-state index in [1.165, 1.54) is 0 Å². The summed E-state index contributed by atoms with van der Waals surface area (Å²) >= 11 is 6.69. The summed E-state index contributed by atoms with van der Waals surface area (Å²) in [5.74, 6) is 0.967. The highest BCUT2D eigenvalue weighted by atomic mass is 35.5. The van der Waals surface area contributed by atoms with Crippen LogP contribution in [-0.2, 0) is 6.61 Å². The van der Waals surface area contributed by atoms with Crippen molar-refractivity contribution in [3.05, 3.63) is 23.7 Å². The molecular formula is C22H34ClN7O2. The fraction of sp³-hybridized carbons (Fsp3) is 0.682. The van der Waals surface area contributed by atoms with E-state index in [0.717, 1.165) is 51.3 Å². The van der Waals surface area contributed by atoms with Crippen molar-refractivity contribution in [2.45, 2.75) is 52.0 Å². The molecule has 4 N–H and O–H groups in total. The van der Waals surface area contributed by atoms with Crippen LogP contribution in [0.25, 0.3) is 5.70 Å². The molecule has 3 atom stereocenters. The first-order valence-electron chi connectivity index (χ1n) is 11.4. The zero-order valence-electron chi connectivity index (χ0n) is 18.9. The highest BCUT2D eigenvalue weighted by Gasteiger charge is 2.36. The quantitative estimate of drug-likeness (QED) is 0.542. The number of nitrogens with zero attached hydrogens (tertiary/aromatic N) is 6. The first-order valence-corrected chi connectivity index (χ1v) is 11.7. The fourth-order valence-corrected chi connectivity index (χ4v) is 5.01. The molecule has 176 valence electrons. The minimum absolute atomic E-state index is 0.119. The van der Waals surface area contributed by atoms with Crippen molar-refractivity contribution in [3.8, 4) is 0 Å². The lowest BCUT2D eigenvalue weighted by atomic mass is 9.75. The Labute approximate surface area is 194 Å². The molecule has 1 aromatic heterocycles. The van der Waals surface area contributed by atoms with Gasteiger partial charge in [-0.3, -0.25) is 9.89 Å². The van der Waals surface area contributed by atoms with Gasteiger partial charge in [0.25, 0.3) is 0 Å². The van der Waals surface area contributed by atoms with Gasteiger partial charge in [-0.1, -0.05) is 6.92 Å². The number of halogens is 1. The third-order valence-corrected chi connectivity index (χ3v) is 7.68. The molecule has 0 bridgehead atoms. The van der Waals surface area contributed by atoms with Crippen molar-refractivity contribution in [2.75, 3.05) is 37.7 Å². The van der Waals surface area contributed by atoms with Crippen LogP contribution in [-0.4, -0.2) is 80.8 Å². The molecule has 32 heavy (non-hydrogen) atoms. The van der Waals surface area contributed by atoms with Crippen molar-refractivity contribution in [1.29, 1.82) is 0 Å². The second-order valence-electron chi connectivity index (χ2n) is 9.45.